The topological polar surface area (TPSA) is 21.3 Å². The zero-order valence-electron chi connectivity index (χ0n) is 9.01. The lowest BCUT2D eigenvalue weighted by atomic mass is 10.1. The summed E-state index contributed by atoms with van der Waals surface area (Å²) in [7, 11) is 0. The van der Waals surface area contributed by atoms with Crippen LogP contribution in [0.3, 0.4) is 0 Å². The van der Waals surface area contributed by atoms with Crippen molar-refractivity contribution in [3.63, 3.8) is 0 Å². The quantitative estimate of drug-likeness (QED) is 0.859. The number of halogens is 2. The molecular formula is C12H15ClFNO. The first-order valence-corrected chi connectivity index (χ1v) is 5.93. The van der Waals surface area contributed by atoms with Crippen LogP contribution in [0, 0.1) is 5.82 Å². The van der Waals surface area contributed by atoms with Gasteiger partial charge >= 0.3 is 0 Å². The molecule has 1 aliphatic heterocycles. The Balaban J connectivity index is 2.07. The van der Waals surface area contributed by atoms with E-state index >= 15 is 0 Å². The molecule has 1 aliphatic rings. The Labute approximate surface area is 99.7 Å². The lowest BCUT2D eigenvalue weighted by Gasteiger charge is -2.18. The van der Waals surface area contributed by atoms with E-state index in [2.05, 4.69) is 5.32 Å². The van der Waals surface area contributed by atoms with Crippen LogP contribution in [0.1, 0.15) is 19.3 Å². The highest BCUT2D eigenvalue weighted by Crippen LogP contribution is 2.26. The average Bonchev–Trinajstić information content (AvgIpc) is 2.52. The molecule has 0 saturated carbocycles. The first kappa shape index (κ1) is 11.7. The number of ether oxygens (including phenoxy) is 1. The summed E-state index contributed by atoms with van der Waals surface area (Å²) in [5.41, 5.74) is 0.413. The number of anilines is 1. The predicted molar refractivity (Wildman–Crippen MR) is 63.5 cm³/mol. The molecule has 0 aromatic heterocycles. The van der Waals surface area contributed by atoms with Crippen molar-refractivity contribution in [2.75, 3.05) is 18.5 Å². The van der Waals surface area contributed by atoms with Crippen LogP contribution < -0.4 is 5.32 Å². The smallest absolute Gasteiger partial charge is 0.147 e. The van der Waals surface area contributed by atoms with Gasteiger partial charge in [0, 0.05) is 19.3 Å². The fourth-order valence-electron chi connectivity index (χ4n) is 1.89. The fraction of sp³-hybridized carbons (Fsp3) is 0.500. The molecule has 4 heteroatoms. The Morgan fingerprint density at radius 2 is 2.19 bits per heavy atom. The minimum atomic E-state index is -0.294. The van der Waals surface area contributed by atoms with E-state index in [9.17, 15) is 4.39 Å². The first-order chi connectivity index (χ1) is 7.77. The van der Waals surface area contributed by atoms with Crippen LogP contribution in [0.25, 0.3) is 0 Å². The monoisotopic (exact) mass is 243 g/mol. The number of benzene rings is 1. The molecule has 88 valence electrons. The summed E-state index contributed by atoms with van der Waals surface area (Å²) in [6, 6.07) is 4.97. The summed E-state index contributed by atoms with van der Waals surface area (Å²) in [4.78, 5) is 0. The third-order valence-electron chi connectivity index (χ3n) is 2.76. The van der Waals surface area contributed by atoms with Crippen LogP contribution in [0.5, 0.6) is 0 Å². The van der Waals surface area contributed by atoms with E-state index in [1.807, 2.05) is 0 Å². The van der Waals surface area contributed by atoms with Crippen molar-refractivity contribution in [3.05, 3.63) is 29.0 Å². The van der Waals surface area contributed by atoms with E-state index in [4.69, 9.17) is 16.3 Å². The molecular weight excluding hydrogens is 229 g/mol. The molecule has 0 amide bonds. The molecule has 1 atom stereocenters. The summed E-state index contributed by atoms with van der Waals surface area (Å²) in [6.07, 6.45) is 2.89. The van der Waals surface area contributed by atoms with Crippen molar-refractivity contribution in [3.8, 4) is 0 Å². The molecule has 2 nitrogen and oxygen atoms in total. The van der Waals surface area contributed by atoms with Crippen molar-refractivity contribution in [1.82, 2.24) is 0 Å². The van der Waals surface area contributed by atoms with Crippen molar-refractivity contribution in [1.29, 1.82) is 0 Å². The normalized spacial score (nSPS) is 21.5. The van der Waals surface area contributed by atoms with Crippen molar-refractivity contribution in [2.45, 2.75) is 25.3 Å². The maximum atomic E-state index is 13.5. The van der Waals surface area contributed by atoms with E-state index < -0.39 is 0 Å². The van der Waals surface area contributed by atoms with E-state index in [1.54, 1.807) is 12.1 Å². The van der Waals surface area contributed by atoms with Crippen molar-refractivity contribution >= 4 is 17.3 Å². The molecule has 1 aromatic rings. The van der Waals surface area contributed by atoms with Crippen molar-refractivity contribution < 1.29 is 9.13 Å². The van der Waals surface area contributed by atoms with Crippen LogP contribution in [0.2, 0.25) is 5.02 Å². The number of hydrogen-bond donors (Lipinski definition) is 1. The minimum absolute atomic E-state index is 0.247. The second-order valence-corrected chi connectivity index (χ2v) is 4.39. The maximum Gasteiger partial charge on any atom is 0.147 e. The Morgan fingerprint density at radius 1 is 1.31 bits per heavy atom. The largest absolute Gasteiger partial charge is 0.381 e. The standard InChI is InChI=1S/C12H15ClFNO/c13-10-4-1-5-11(14)12(10)15-9-3-2-7-16-8-6-9/h1,4-5,9,15H,2-3,6-8H2. The van der Waals surface area contributed by atoms with Gasteiger partial charge in [0.25, 0.3) is 0 Å². The van der Waals surface area contributed by atoms with Gasteiger partial charge in [-0.1, -0.05) is 17.7 Å². The highest BCUT2D eigenvalue weighted by Gasteiger charge is 2.15. The van der Waals surface area contributed by atoms with Gasteiger partial charge < -0.3 is 10.1 Å². The Kier molecular flexibility index (Phi) is 4.02. The van der Waals surface area contributed by atoms with Gasteiger partial charge in [-0.3, -0.25) is 0 Å². The minimum Gasteiger partial charge on any atom is -0.381 e. The Morgan fingerprint density at radius 3 is 3.00 bits per heavy atom. The Bertz CT molecular complexity index is 331. The highest BCUT2D eigenvalue weighted by molar-refractivity contribution is 6.33. The van der Waals surface area contributed by atoms with Gasteiger partial charge in [-0.05, 0) is 31.4 Å². The van der Waals surface area contributed by atoms with Crippen molar-refractivity contribution in [2.24, 2.45) is 0 Å². The van der Waals surface area contributed by atoms with Crippen LogP contribution in [0.4, 0.5) is 10.1 Å². The molecule has 0 aliphatic carbocycles. The number of hydrogen-bond acceptors (Lipinski definition) is 2. The summed E-state index contributed by atoms with van der Waals surface area (Å²) < 4.78 is 18.9. The molecule has 16 heavy (non-hydrogen) atoms. The summed E-state index contributed by atoms with van der Waals surface area (Å²) in [5.74, 6) is -0.294. The van der Waals surface area contributed by atoms with Gasteiger partial charge in [0.05, 0.1) is 10.7 Å². The molecule has 0 spiro atoms. The zero-order chi connectivity index (χ0) is 11.4. The van der Waals surface area contributed by atoms with Gasteiger partial charge in [0.1, 0.15) is 5.82 Å². The second kappa shape index (κ2) is 5.51. The lowest BCUT2D eigenvalue weighted by molar-refractivity contribution is 0.144. The Hall–Kier alpha value is -0.800. The molecule has 0 radical (unpaired) electrons. The summed E-state index contributed by atoms with van der Waals surface area (Å²) in [6.45, 7) is 1.52. The molecule has 1 N–H and O–H groups in total. The van der Waals surface area contributed by atoms with Crippen LogP contribution in [0.15, 0.2) is 18.2 Å². The third-order valence-corrected chi connectivity index (χ3v) is 3.08. The number of rotatable bonds is 2. The molecule has 2 rings (SSSR count). The van der Waals surface area contributed by atoms with Gasteiger partial charge in [-0.15, -0.1) is 0 Å². The van der Waals surface area contributed by atoms with E-state index in [-0.39, 0.29) is 11.9 Å². The first-order valence-electron chi connectivity index (χ1n) is 5.55. The molecule has 1 aromatic carbocycles. The zero-order valence-corrected chi connectivity index (χ0v) is 9.77. The molecule has 0 bridgehead atoms. The fourth-order valence-corrected chi connectivity index (χ4v) is 2.11. The maximum absolute atomic E-state index is 13.5. The molecule has 1 fully saturated rings. The van der Waals surface area contributed by atoms with E-state index in [1.165, 1.54) is 6.07 Å². The molecule has 1 unspecified atom stereocenters. The number of para-hydroxylation sites is 1. The van der Waals surface area contributed by atoms with Gasteiger partial charge in [-0.25, -0.2) is 4.39 Å². The summed E-state index contributed by atoms with van der Waals surface area (Å²) >= 11 is 5.96. The highest BCUT2D eigenvalue weighted by atomic mass is 35.5. The van der Waals surface area contributed by atoms with Gasteiger partial charge in [0.15, 0.2) is 0 Å². The van der Waals surface area contributed by atoms with Crippen LogP contribution >= 0.6 is 11.6 Å². The number of nitrogens with one attached hydrogen (secondary N) is 1. The summed E-state index contributed by atoms with van der Waals surface area (Å²) in [5, 5.41) is 3.61. The van der Waals surface area contributed by atoms with Gasteiger partial charge in [-0.2, -0.15) is 0 Å². The van der Waals surface area contributed by atoms with E-state index in [0.717, 1.165) is 32.5 Å². The third kappa shape index (κ3) is 2.86. The van der Waals surface area contributed by atoms with Gasteiger partial charge in [0.2, 0.25) is 0 Å². The average molecular weight is 244 g/mol. The van der Waals surface area contributed by atoms with E-state index in [0.29, 0.717) is 10.7 Å². The van der Waals surface area contributed by atoms with Crippen LogP contribution in [-0.2, 0) is 4.74 Å². The lowest BCUT2D eigenvalue weighted by Crippen LogP contribution is -2.20. The molecule has 1 heterocycles. The predicted octanol–water partition coefficient (Wildman–Crippen LogP) is 3.46. The SMILES string of the molecule is Fc1cccc(Cl)c1NC1CCCOCC1. The van der Waals surface area contributed by atoms with Crippen LogP contribution in [-0.4, -0.2) is 19.3 Å². The molecule has 1 saturated heterocycles. The second-order valence-electron chi connectivity index (χ2n) is 3.98.